The monoisotopic (exact) mass is 396 g/mol. The van der Waals surface area contributed by atoms with Crippen LogP contribution in [0.5, 0.6) is 5.75 Å². The molecule has 3 saturated carbocycles. The van der Waals surface area contributed by atoms with E-state index in [1.807, 2.05) is 12.1 Å². The fraction of sp³-hybridized carbons (Fsp3) is 0.571. The molecule has 1 aromatic rings. The lowest BCUT2D eigenvalue weighted by Crippen LogP contribution is -2.43. The number of hydrogen-bond donors (Lipinski definition) is 2. The quantitative estimate of drug-likeness (QED) is 0.763. The first-order valence-corrected chi connectivity index (χ1v) is 9.51. The van der Waals surface area contributed by atoms with Gasteiger partial charge in [0.15, 0.2) is 0 Å². The molecule has 0 saturated heterocycles. The lowest BCUT2D eigenvalue weighted by molar-refractivity contribution is -0.132. The first-order valence-electron chi connectivity index (χ1n) is 9.51. The summed E-state index contributed by atoms with van der Waals surface area (Å²) in [6, 6.07) is 8.19. The van der Waals surface area contributed by atoms with Crippen molar-refractivity contribution >= 4 is 18.3 Å². The standard InChI is InChI=1S/C21H29FN2O2.ClH/c1-24-19(25)21-8-2-7-20(9-11-21,10-12-21)17-3-5-18(6-4-17)26-15-16(13-22)14-23;/h3-6,13H,2,7-12,14-15,23H2,1H3,(H,24,25);1H. The van der Waals surface area contributed by atoms with Crippen LogP contribution in [0.25, 0.3) is 0 Å². The van der Waals surface area contributed by atoms with E-state index < -0.39 is 0 Å². The van der Waals surface area contributed by atoms with Crippen LogP contribution in [0, 0.1) is 5.41 Å². The predicted molar refractivity (Wildman–Crippen MR) is 108 cm³/mol. The van der Waals surface area contributed by atoms with E-state index in [0.717, 1.165) is 50.7 Å². The number of ether oxygens (including phenoxy) is 1. The fourth-order valence-corrected chi connectivity index (χ4v) is 4.73. The Labute approximate surface area is 167 Å². The first-order chi connectivity index (χ1) is 12.6. The third kappa shape index (κ3) is 4.30. The molecular formula is C21H30ClFN2O2. The van der Waals surface area contributed by atoms with Crippen LogP contribution in [0.15, 0.2) is 36.2 Å². The molecule has 0 heterocycles. The molecule has 2 bridgehead atoms. The molecular weight excluding hydrogens is 367 g/mol. The maximum atomic E-state index is 12.6. The maximum Gasteiger partial charge on any atom is 0.225 e. The Morgan fingerprint density at radius 2 is 1.85 bits per heavy atom. The summed E-state index contributed by atoms with van der Waals surface area (Å²) in [5, 5.41) is 2.88. The summed E-state index contributed by atoms with van der Waals surface area (Å²) in [7, 11) is 1.75. The number of nitrogens with two attached hydrogens (primary N) is 1. The molecule has 3 N–H and O–H groups in total. The van der Waals surface area contributed by atoms with Gasteiger partial charge in [-0.1, -0.05) is 18.6 Å². The minimum atomic E-state index is -0.158. The summed E-state index contributed by atoms with van der Waals surface area (Å²) in [6.07, 6.45) is 7.77. The van der Waals surface area contributed by atoms with E-state index in [0.29, 0.717) is 11.9 Å². The highest BCUT2D eigenvalue weighted by Crippen LogP contribution is 2.55. The number of carbonyl (C=O) groups is 1. The summed E-state index contributed by atoms with van der Waals surface area (Å²) in [6.45, 7) is 0.330. The Morgan fingerprint density at radius 3 is 2.41 bits per heavy atom. The van der Waals surface area contributed by atoms with Crippen LogP contribution in [0.3, 0.4) is 0 Å². The number of rotatable bonds is 6. The van der Waals surface area contributed by atoms with Gasteiger partial charge in [-0.25, -0.2) is 4.39 Å². The highest BCUT2D eigenvalue weighted by molar-refractivity contribution is 5.85. The fourth-order valence-electron chi connectivity index (χ4n) is 4.73. The molecule has 0 aromatic heterocycles. The van der Waals surface area contributed by atoms with Crippen LogP contribution in [0.4, 0.5) is 4.39 Å². The Hall–Kier alpha value is -1.59. The molecule has 0 spiro atoms. The van der Waals surface area contributed by atoms with Crippen molar-refractivity contribution in [3.63, 3.8) is 0 Å². The van der Waals surface area contributed by atoms with E-state index in [1.54, 1.807) is 7.05 Å². The van der Waals surface area contributed by atoms with Gasteiger partial charge < -0.3 is 15.8 Å². The number of amides is 1. The molecule has 1 aromatic carbocycles. The van der Waals surface area contributed by atoms with Gasteiger partial charge in [0.2, 0.25) is 5.91 Å². The number of fused-ring (bicyclic) bond motifs is 4. The van der Waals surface area contributed by atoms with Gasteiger partial charge in [-0.3, -0.25) is 4.79 Å². The number of halogens is 2. The number of nitrogens with one attached hydrogen (secondary N) is 1. The van der Waals surface area contributed by atoms with Crippen LogP contribution >= 0.6 is 12.4 Å². The maximum absolute atomic E-state index is 12.6. The largest absolute Gasteiger partial charge is 0.489 e. The summed E-state index contributed by atoms with van der Waals surface area (Å²) in [5.41, 5.74) is 7.24. The summed E-state index contributed by atoms with van der Waals surface area (Å²) in [5.74, 6) is 0.940. The Kier molecular flexibility index (Phi) is 7.29. The molecule has 1 amide bonds. The van der Waals surface area contributed by atoms with Gasteiger partial charge in [0.05, 0.1) is 6.33 Å². The molecule has 0 atom stereocenters. The average molecular weight is 397 g/mol. The van der Waals surface area contributed by atoms with Crippen LogP contribution in [0.1, 0.15) is 50.5 Å². The van der Waals surface area contributed by atoms with Gasteiger partial charge >= 0.3 is 0 Å². The van der Waals surface area contributed by atoms with Crippen molar-refractivity contribution in [2.45, 2.75) is 50.4 Å². The summed E-state index contributed by atoms with van der Waals surface area (Å²) >= 11 is 0. The predicted octanol–water partition coefficient (Wildman–Crippen LogP) is 4.03. The lowest BCUT2D eigenvalue weighted by Gasteiger charge is -2.42. The van der Waals surface area contributed by atoms with Crippen molar-refractivity contribution in [2.24, 2.45) is 11.1 Å². The second-order valence-corrected chi connectivity index (χ2v) is 7.78. The molecule has 4 rings (SSSR count). The van der Waals surface area contributed by atoms with Crippen LogP contribution in [-0.4, -0.2) is 26.1 Å². The Bertz CT molecular complexity index is 667. The van der Waals surface area contributed by atoms with Crippen molar-refractivity contribution in [1.29, 1.82) is 0 Å². The van der Waals surface area contributed by atoms with Crippen molar-refractivity contribution in [1.82, 2.24) is 5.32 Å². The van der Waals surface area contributed by atoms with Gasteiger partial charge in [-0.2, -0.15) is 0 Å². The number of benzene rings is 1. The third-order valence-corrected chi connectivity index (χ3v) is 6.49. The summed E-state index contributed by atoms with van der Waals surface area (Å²) in [4.78, 5) is 12.4. The van der Waals surface area contributed by atoms with Crippen LogP contribution in [-0.2, 0) is 10.2 Å². The number of carbonyl (C=O) groups excluding carboxylic acids is 1. The van der Waals surface area contributed by atoms with Gasteiger partial charge in [0.1, 0.15) is 12.4 Å². The van der Waals surface area contributed by atoms with Gasteiger partial charge in [-0.15, -0.1) is 12.4 Å². The molecule has 3 aliphatic rings. The zero-order valence-corrected chi connectivity index (χ0v) is 16.7. The van der Waals surface area contributed by atoms with Crippen LogP contribution < -0.4 is 15.8 Å². The van der Waals surface area contributed by atoms with Gasteiger partial charge in [0.25, 0.3) is 0 Å². The van der Waals surface area contributed by atoms with E-state index in [2.05, 4.69) is 17.4 Å². The van der Waals surface area contributed by atoms with E-state index >= 15 is 0 Å². The molecule has 3 aliphatic carbocycles. The van der Waals surface area contributed by atoms with Gasteiger partial charge in [-0.05, 0) is 61.6 Å². The van der Waals surface area contributed by atoms with Crippen molar-refractivity contribution in [3.8, 4) is 5.75 Å². The molecule has 0 radical (unpaired) electrons. The minimum Gasteiger partial charge on any atom is -0.489 e. The molecule has 0 unspecified atom stereocenters. The first kappa shape index (κ1) is 21.7. The zero-order valence-electron chi connectivity index (χ0n) is 15.9. The van der Waals surface area contributed by atoms with E-state index in [-0.39, 0.29) is 42.3 Å². The molecule has 0 aliphatic heterocycles. The highest BCUT2D eigenvalue weighted by Gasteiger charge is 2.49. The SMILES string of the molecule is CNC(=O)C12CCCC(c3ccc(OCC(=CF)CN)cc3)(CC1)CC2.Cl. The second kappa shape index (κ2) is 9.07. The minimum absolute atomic E-state index is 0. The van der Waals surface area contributed by atoms with Crippen molar-refractivity contribution < 1.29 is 13.9 Å². The Balaban J connectivity index is 0.00000261. The lowest BCUT2D eigenvalue weighted by atomic mass is 9.62. The molecule has 6 heteroatoms. The topological polar surface area (TPSA) is 64.3 Å². The summed E-state index contributed by atoms with van der Waals surface area (Å²) < 4.78 is 18.2. The zero-order chi connectivity index (χ0) is 18.6. The molecule has 150 valence electrons. The number of hydrogen-bond acceptors (Lipinski definition) is 3. The van der Waals surface area contributed by atoms with E-state index in [9.17, 15) is 9.18 Å². The normalized spacial score (nSPS) is 27.4. The van der Waals surface area contributed by atoms with Crippen molar-refractivity contribution in [2.75, 3.05) is 20.2 Å². The van der Waals surface area contributed by atoms with Crippen molar-refractivity contribution in [3.05, 3.63) is 41.7 Å². The second-order valence-electron chi connectivity index (χ2n) is 7.78. The Morgan fingerprint density at radius 1 is 1.19 bits per heavy atom. The third-order valence-electron chi connectivity index (χ3n) is 6.49. The van der Waals surface area contributed by atoms with Gasteiger partial charge in [0, 0.05) is 24.6 Å². The molecule has 4 nitrogen and oxygen atoms in total. The van der Waals surface area contributed by atoms with E-state index in [1.165, 1.54) is 5.56 Å². The molecule has 27 heavy (non-hydrogen) atoms. The molecule has 3 fully saturated rings. The van der Waals surface area contributed by atoms with E-state index in [4.69, 9.17) is 10.5 Å². The smallest absolute Gasteiger partial charge is 0.225 e. The van der Waals surface area contributed by atoms with Crippen LogP contribution in [0.2, 0.25) is 0 Å². The average Bonchev–Trinajstić information content (AvgIpc) is 3.01. The highest BCUT2D eigenvalue weighted by atomic mass is 35.5.